The molecule has 0 aliphatic rings. The molecule has 27 nitrogen and oxygen atoms in total. The zero-order valence-corrected chi connectivity index (χ0v) is 62.2. The van der Waals surface area contributed by atoms with E-state index in [9.17, 15) is 63.7 Å². The Labute approximate surface area is 652 Å². The van der Waals surface area contributed by atoms with E-state index in [-0.39, 0.29) is 122 Å². The van der Waals surface area contributed by atoms with Gasteiger partial charge in [-0.25, -0.2) is 48.0 Å². The van der Waals surface area contributed by atoms with Gasteiger partial charge in [-0.3, -0.25) is 9.59 Å². The Morgan fingerprint density at radius 3 is 0.655 bits per heavy atom. The van der Waals surface area contributed by atoms with E-state index in [1.807, 2.05) is 82.6 Å². The summed E-state index contributed by atoms with van der Waals surface area (Å²) in [5, 5.41) is 28.9. The molecule has 0 radical (unpaired) electrons. The summed E-state index contributed by atoms with van der Waals surface area (Å²) in [6, 6.07) is 49.6. The Hall–Kier alpha value is -15.5. The van der Waals surface area contributed by atoms with Gasteiger partial charge < -0.3 is 57.2 Å². The van der Waals surface area contributed by atoms with Crippen LogP contribution in [0.4, 0.5) is 34.1 Å². The first-order valence-electron chi connectivity index (χ1n) is 33.8. The van der Waals surface area contributed by atoms with E-state index in [4.69, 9.17) is 60.5 Å². The average molecular weight is 1530 g/mol. The monoisotopic (exact) mass is 1530 g/mol. The molecule has 0 fully saturated rings. The summed E-state index contributed by atoms with van der Waals surface area (Å²) >= 11 is 0. The molecule has 0 amide bonds. The van der Waals surface area contributed by atoms with Crippen LogP contribution in [0.1, 0.15) is 62.4 Å². The second-order valence-corrected chi connectivity index (χ2v) is 23.5. The number of hydrogen-bond acceptors (Lipinski definition) is 25. The molecule has 6 rings (SSSR count). The van der Waals surface area contributed by atoms with E-state index in [2.05, 4.69) is 42.6 Å². The van der Waals surface area contributed by atoms with Gasteiger partial charge in [-0.2, -0.15) is 15.8 Å². The minimum Gasteiger partial charge on any atom is -0.467 e. The topological polar surface area (TPSA) is 350 Å². The molecule has 0 aliphatic carbocycles. The predicted molar refractivity (Wildman–Crippen MR) is 416 cm³/mol. The molecule has 27 heteroatoms. The van der Waals surface area contributed by atoms with Crippen molar-refractivity contribution in [3.8, 4) is 18.2 Å². The Balaban J connectivity index is 0.000000418. The molecule has 0 N–H and O–H groups in total. The summed E-state index contributed by atoms with van der Waals surface area (Å²) in [6.07, 6.45) is 6.80. The fourth-order valence-electron chi connectivity index (χ4n) is 8.91. The van der Waals surface area contributed by atoms with Gasteiger partial charge in [-0.1, -0.05) is 112 Å². The van der Waals surface area contributed by atoms with E-state index in [0.29, 0.717) is 44.9 Å². The van der Waals surface area contributed by atoms with Gasteiger partial charge >= 0.3 is 59.7 Å². The van der Waals surface area contributed by atoms with Crippen LogP contribution in [-0.2, 0) is 95.3 Å². The maximum absolute atomic E-state index is 12.6. The van der Waals surface area contributed by atoms with Crippen LogP contribution >= 0.6 is 0 Å². The lowest BCUT2D eigenvalue weighted by molar-refractivity contribution is -0.147. The fourth-order valence-corrected chi connectivity index (χ4v) is 8.91. The first-order chi connectivity index (χ1) is 54.1. The zero-order chi connectivity index (χ0) is 82.9. The van der Waals surface area contributed by atoms with Crippen LogP contribution in [0.15, 0.2) is 241 Å². The Kier molecular flexibility index (Phi) is 35.8. The summed E-state index contributed by atoms with van der Waals surface area (Å²) in [4.78, 5) is 131. The SMILES string of the molecule is [C-]#[N+]/C(=C\c1ccc(N(c2ccc(/C=C(\C#N)C(=O)OCCOC(=O)C(=C)C)cc2)c2ccc(/C=C(\C#N)C(=O)OCCOC(=O)C(=C)C)cc2)cc1)C(=O)OCCOC(=O)C(=C)C.[C-]#[N+]/C(=C\c1ccc(N(c2ccccc2)c2ccc(/C=C(\C#N)C(=O)OCCOC(=O)C(=C)C)cc2)cc1)C(=O)OCCOC(=O)C(=C)C. The largest absolute Gasteiger partial charge is 0.467 e. The van der Waals surface area contributed by atoms with E-state index >= 15 is 0 Å². The fraction of sp³-hybridized carbons (Fsp3) is 0.174. The molecule has 6 aromatic carbocycles. The highest BCUT2D eigenvalue weighted by Gasteiger charge is 2.21. The van der Waals surface area contributed by atoms with Crippen LogP contribution in [0.3, 0.4) is 0 Å². The molecule has 113 heavy (non-hydrogen) atoms. The summed E-state index contributed by atoms with van der Waals surface area (Å²) in [7, 11) is 0. The third-order valence-electron chi connectivity index (χ3n) is 14.5. The molecule has 0 atom stereocenters. The molecule has 0 spiro atoms. The molecular weight excluding hydrogens is 1450 g/mol. The first kappa shape index (κ1) is 88.1. The van der Waals surface area contributed by atoms with E-state index in [0.717, 1.165) is 17.1 Å². The van der Waals surface area contributed by atoms with E-state index in [1.165, 1.54) is 65.0 Å². The van der Waals surface area contributed by atoms with Crippen molar-refractivity contribution < 1.29 is 95.3 Å². The second kappa shape index (κ2) is 45.9. The van der Waals surface area contributed by atoms with Crippen LogP contribution in [0, 0.1) is 47.1 Å². The Morgan fingerprint density at radius 1 is 0.292 bits per heavy atom. The van der Waals surface area contributed by atoms with Crippen LogP contribution in [0.5, 0.6) is 0 Å². The zero-order valence-electron chi connectivity index (χ0n) is 62.2. The van der Waals surface area contributed by atoms with Crippen molar-refractivity contribution in [3.63, 3.8) is 0 Å². The minimum absolute atomic E-state index is 0.160. The average Bonchev–Trinajstić information content (AvgIpc) is 0.806. The Bertz CT molecular complexity index is 4580. The van der Waals surface area contributed by atoms with Gasteiger partial charge in [-0.05, 0) is 166 Å². The van der Waals surface area contributed by atoms with Gasteiger partial charge in [0.25, 0.3) is 11.4 Å². The molecule has 0 unspecified atom stereocenters. The lowest BCUT2D eigenvalue weighted by atomic mass is 10.1. The lowest BCUT2D eigenvalue weighted by Gasteiger charge is -2.26. The van der Waals surface area contributed by atoms with Crippen molar-refractivity contribution in [3.05, 3.63) is 291 Å². The van der Waals surface area contributed by atoms with Gasteiger partial charge in [0.15, 0.2) is 0 Å². The normalized spacial score (nSPS) is 10.9. The molecule has 6 aromatic rings. The molecule has 0 heterocycles. The summed E-state index contributed by atoms with van der Waals surface area (Å²) in [5.74, 6) is -7.57. The van der Waals surface area contributed by atoms with E-state index < -0.39 is 59.7 Å². The number of hydrogen-bond donors (Lipinski definition) is 0. The Morgan fingerprint density at radius 2 is 0.469 bits per heavy atom. The summed E-state index contributed by atoms with van der Waals surface area (Å²) < 4.78 is 49.9. The van der Waals surface area contributed by atoms with Crippen molar-refractivity contribution in [2.75, 3.05) is 75.9 Å². The van der Waals surface area contributed by atoms with Crippen LogP contribution < -0.4 is 9.80 Å². The minimum atomic E-state index is -0.918. The number of nitrogens with zero attached hydrogens (tertiary/aromatic N) is 7. The standard InChI is InChI=1S/C48H42N4O12.C38H33N3O8/c1-31(2)43(53)59-20-23-62-46(56)37(29-49)26-34-8-14-39(15-9-34)52(40-16-10-35(11-17-40)27-38(30-50)47(57)63-24-21-60-44(54)32(3)4)41-18-12-36(13-19-41)28-42(51-7)48(58)64-25-22-61-45(55)33(5)6;1-26(2)35(42)46-19-21-48-37(44)30(25-39)23-28-11-15-32(16-12-28)41(31-9-7-6-8-10-31)33-17-13-29(14-18-33)24-34(40-5)38(45)49-22-20-47-36(43)27(3)4/h8-19,26-28H,1,3,5,20-25H2,2,4,6H3;6-18,23-24H,1,3,19-22H2,2,4H3/b37-26+,38-27+,42-28-;30-23+,34-24-. The number of nitriles is 3. The number of para-hydroxylation sites is 1. The number of esters is 10. The van der Waals surface area contributed by atoms with Crippen molar-refractivity contribution in [2.45, 2.75) is 34.6 Å². The molecule has 0 aromatic heterocycles. The quantitative estimate of drug-likeness (QED) is 0.00880. The summed E-state index contributed by atoms with van der Waals surface area (Å²) in [6.45, 7) is 37.5. The van der Waals surface area contributed by atoms with Gasteiger partial charge in [-0.15, -0.1) is 0 Å². The van der Waals surface area contributed by atoms with Crippen LogP contribution in [0.25, 0.3) is 40.1 Å². The number of ether oxygens (including phenoxy) is 10. The van der Waals surface area contributed by atoms with Crippen molar-refractivity contribution in [1.82, 2.24) is 0 Å². The maximum Gasteiger partial charge on any atom is 0.349 e. The summed E-state index contributed by atoms with van der Waals surface area (Å²) in [5.41, 5.74) is 6.40. The van der Waals surface area contributed by atoms with Gasteiger partial charge in [0.2, 0.25) is 0 Å². The highest BCUT2D eigenvalue weighted by atomic mass is 16.6. The second-order valence-electron chi connectivity index (χ2n) is 23.5. The maximum atomic E-state index is 12.6. The third kappa shape index (κ3) is 29.3. The van der Waals surface area contributed by atoms with E-state index in [1.54, 1.807) is 97.1 Å². The number of benzene rings is 6. The molecular formula is C86H75N7O20. The first-order valence-corrected chi connectivity index (χ1v) is 33.8. The van der Waals surface area contributed by atoms with Gasteiger partial charge in [0, 0.05) is 62.0 Å². The smallest absolute Gasteiger partial charge is 0.349 e. The van der Waals surface area contributed by atoms with Crippen LogP contribution in [-0.4, -0.2) is 126 Å². The lowest BCUT2D eigenvalue weighted by Crippen LogP contribution is -2.15. The van der Waals surface area contributed by atoms with Crippen molar-refractivity contribution in [2.24, 2.45) is 0 Å². The highest BCUT2D eigenvalue weighted by Crippen LogP contribution is 2.37. The highest BCUT2D eigenvalue weighted by molar-refractivity contribution is 6.01. The van der Waals surface area contributed by atoms with Crippen molar-refractivity contribution >= 4 is 124 Å². The van der Waals surface area contributed by atoms with Crippen molar-refractivity contribution in [1.29, 1.82) is 15.8 Å². The molecule has 0 bridgehead atoms. The van der Waals surface area contributed by atoms with Gasteiger partial charge in [0.05, 0.1) is 13.1 Å². The molecule has 0 aliphatic heterocycles. The predicted octanol–water partition coefficient (Wildman–Crippen LogP) is 13.9. The molecule has 0 saturated carbocycles. The number of carbonyl (C=O) groups is 10. The number of carbonyl (C=O) groups excluding carboxylic acids is 10. The number of anilines is 6. The third-order valence-corrected chi connectivity index (χ3v) is 14.5. The van der Waals surface area contributed by atoms with Crippen LogP contribution in [0.2, 0.25) is 0 Å². The molecule has 0 saturated heterocycles. The van der Waals surface area contributed by atoms with Gasteiger partial charge in [0.1, 0.15) is 101 Å². The number of rotatable bonds is 36. The molecule has 574 valence electrons.